The molecule has 20 atom stereocenters. The first kappa shape index (κ1) is 46.5. The molecule has 0 aromatic rings. The van der Waals surface area contributed by atoms with Gasteiger partial charge in [-0.25, -0.2) is 0 Å². The van der Waals surface area contributed by atoms with Crippen LogP contribution in [0.3, 0.4) is 0 Å². The number of hydrogen-bond acceptors (Lipinski definition) is 12. The van der Waals surface area contributed by atoms with Crippen molar-refractivity contribution in [1.82, 2.24) is 0 Å². The van der Waals surface area contributed by atoms with Crippen LogP contribution >= 0.6 is 0 Å². The molecule has 6 fully saturated rings. The van der Waals surface area contributed by atoms with Gasteiger partial charge in [-0.1, -0.05) is 41.5 Å². The maximum Gasteiger partial charge on any atom is 0.308 e. The van der Waals surface area contributed by atoms with Gasteiger partial charge in [0.1, 0.15) is 5.60 Å². The normalized spacial score (nSPS) is 49.9. The average Bonchev–Trinajstić information content (AvgIpc) is 3.79. The van der Waals surface area contributed by atoms with Gasteiger partial charge in [0, 0.05) is 37.0 Å². The van der Waals surface area contributed by atoms with E-state index in [1.165, 1.54) is 0 Å². The van der Waals surface area contributed by atoms with Gasteiger partial charge in [0.15, 0.2) is 17.4 Å². The molecule has 6 heterocycles. The van der Waals surface area contributed by atoms with Crippen molar-refractivity contribution in [2.75, 3.05) is 0 Å². The smallest absolute Gasteiger partial charge is 0.308 e. The fraction of sp³-hybridized carbons (Fsp3) is 0.978. The third-order valence-corrected chi connectivity index (χ3v) is 16.2. The highest BCUT2D eigenvalue weighted by Gasteiger charge is 2.61. The van der Waals surface area contributed by atoms with E-state index in [1.807, 2.05) is 48.5 Å². The van der Waals surface area contributed by atoms with Crippen molar-refractivity contribution < 1.29 is 63.9 Å². The van der Waals surface area contributed by atoms with Crippen molar-refractivity contribution in [3.63, 3.8) is 0 Å². The first-order valence-corrected chi connectivity index (χ1v) is 22.9. The molecular weight excluding hydrogens is 748 g/mol. The van der Waals surface area contributed by atoms with Gasteiger partial charge in [0.25, 0.3) is 0 Å². The summed E-state index contributed by atoms with van der Waals surface area (Å²) in [7, 11) is 0. The van der Waals surface area contributed by atoms with Crippen molar-refractivity contribution in [3.05, 3.63) is 0 Å². The fourth-order valence-corrected chi connectivity index (χ4v) is 11.3. The molecule has 0 aromatic carbocycles. The molecule has 0 saturated carbocycles. The summed E-state index contributed by atoms with van der Waals surface area (Å²) in [5.41, 5.74) is -1.88. The highest BCUT2D eigenvalue weighted by atomic mass is 16.7. The molecule has 0 aromatic heterocycles. The average molecular weight is 827 g/mol. The quantitative estimate of drug-likeness (QED) is 0.130. The molecule has 0 bridgehead atoms. The van der Waals surface area contributed by atoms with Gasteiger partial charge in [-0.05, 0) is 110 Å². The zero-order chi connectivity index (χ0) is 42.6. The summed E-state index contributed by atoms with van der Waals surface area (Å²) in [5.74, 6) is -6.88. The second-order valence-corrected chi connectivity index (χ2v) is 20.4. The molecule has 6 aliphatic rings. The molecule has 336 valence electrons. The Hall–Kier alpha value is -0.970. The zero-order valence-electron chi connectivity index (χ0n) is 36.8. The Morgan fingerprint density at radius 3 is 2.14 bits per heavy atom. The molecular formula is C45H78O13. The van der Waals surface area contributed by atoms with Crippen molar-refractivity contribution >= 4 is 5.97 Å². The Morgan fingerprint density at radius 1 is 0.741 bits per heavy atom. The molecule has 6 saturated heterocycles. The van der Waals surface area contributed by atoms with E-state index in [-0.39, 0.29) is 54.5 Å². The lowest BCUT2D eigenvalue weighted by Crippen LogP contribution is -2.57. The van der Waals surface area contributed by atoms with Crippen molar-refractivity contribution in [2.24, 2.45) is 35.5 Å². The molecule has 0 amide bonds. The lowest BCUT2D eigenvalue weighted by atomic mass is 9.78. The maximum absolute atomic E-state index is 12.2. The van der Waals surface area contributed by atoms with E-state index in [1.54, 1.807) is 6.92 Å². The minimum absolute atomic E-state index is 0.0416. The lowest BCUT2D eigenvalue weighted by molar-refractivity contribution is -0.347. The van der Waals surface area contributed by atoms with Crippen LogP contribution in [-0.4, -0.2) is 120 Å². The standard InChI is InChI=1S/C45H78O13/c1-10-38-41(8,49)19-16-35(54-38)36-18-22-45(52,58-36)42(9)20-17-34(55-42)30(7)43(50)21-15-25(2)37(57-43)24-44(51)27(4)12-14-33(56-44)28(5)32(46)23-31-13-11-26(3)39(53-31)29(6)40(47)48/h25-39,46,49-52H,10-24H2,1-9H3,(H,47,48)/t25-,26-,27-,28+,29-,30-,31-,32+,33-,34+,35-,36-,37-,38-,39+,41+,42-,43-,44-,45+/m0/s1. The minimum atomic E-state index is -1.53. The molecule has 0 spiro atoms. The van der Waals surface area contributed by atoms with E-state index in [0.29, 0.717) is 77.0 Å². The van der Waals surface area contributed by atoms with E-state index in [0.717, 1.165) is 12.8 Å². The summed E-state index contributed by atoms with van der Waals surface area (Å²) in [6.07, 6.45) is 5.15. The number of aliphatic carboxylic acids is 1. The van der Waals surface area contributed by atoms with Crippen molar-refractivity contribution in [3.8, 4) is 0 Å². The summed E-state index contributed by atoms with van der Waals surface area (Å²) in [6, 6.07) is 0. The molecule has 13 heteroatoms. The van der Waals surface area contributed by atoms with Crippen LogP contribution in [0.15, 0.2) is 0 Å². The molecule has 6 rings (SSSR count). The Balaban J connectivity index is 1.05. The first-order chi connectivity index (χ1) is 27.0. The van der Waals surface area contributed by atoms with Crippen LogP contribution < -0.4 is 0 Å². The van der Waals surface area contributed by atoms with Crippen LogP contribution in [0.1, 0.15) is 159 Å². The number of carboxylic acids is 1. The number of aliphatic hydroxyl groups excluding tert-OH is 1. The van der Waals surface area contributed by atoms with Crippen LogP contribution in [0, 0.1) is 35.5 Å². The Morgan fingerprint density at radius 2 is 1.45 bits per heavy atom. The van der Waals surface area contributed by atoms with E-state index >= 15 is 0 Å². The second-order valence-electron chi connectivity index (χ2n) is 20.4. The highest BCUT2D eigenvalue weighted by Crippen LogP contribution is 2.52. The number of rotatable bonds is 13. The lowest BCUT2D eigenvalue weighted by Gasteiger charge is -2.50. The molecule has 58 heavy (non-hydrogen) atoms. The van der Waals surface area contributed by atoms with Gasteiger partial charge in [0.05, 0.1) is 66.5 Å². The Bertz CT molecular complexity index is 1400. The van der Waals surface area contributed by atoms with Gasteiger partial charge < -0.3 is 59.1 Å². The number of aliphatic hydroxyl groups is 5. The van der Waals surface area contributed by atoms with Gasteiger partial charge in [-0.15, -0.1) is 0 Å². The number of hydrogen-bond donors (Lipinski definition) is 6. The summed E-state index contributed by atoms with van der Waals surface area (Å²) in [4.78, 5) is 11.7. The van der Waals surface area contributed by atoms with Crippen molar-refractivity contribution in [2.45, 2.75) is 242 Å². The monoisotopic (exact) mass is 827 g/mol. The predicted octanol–water partition coefficient (Wildman–Crippen LogP) is 5.83. The van der Waals surface area contributed by atoms with Crippen LogP contribution in [0.5, 0.6) is 0 Å². The van der Waals surface area contributed by atoms with E-state index in [2.05, 4.69) is 6.92 Å². The van der Waals surface area contributed by atoms with Crippen LogP contribution in [0.2, 0.25) is 0 Å². The Kier molecular flexibility index (Phi) is 14.2. The van der Waals surface area contributed by atoms with Gasteiger partial charge in [0.2, 0.25) is 0 Å². The number of ether oxygens (including phenoxy) is 6. The summed E-state index contributed by atoms with van der Waals surface area (Å²) >= 11 is 0. The second kappa shape index (κ2) is 17.7. The molecule has 6 N–H and O–H groups in total. The van der Waals surface area contributed by atoms with Crippen LogP contribution in [0.4, 0.5) is 0 Å². The summed E-state index contributed by atoms with van der Waals surface area (Å²) in [6.45, 7) is 17.3. The summed E-state index contributed by atoms with van der Waals surface area (Å²) in [5, 5.41) is 68.2. The van der Waals surface area contributed by atoms with E-state index in [4.69, 9.17) is 28.4 Å². The third kappa shape index (κ3) is 9.36. The molecule has 0 unspecified atom stereocenters. The predicted molar refractivity (Wildman–Crippen MR) is 214 cm³/mol. The van der Waals surface area contributed by atoms with Gasteiger partial charge in [-0.3, -0.25) is 4.79 Å². The van der Waals surface area contributed by atoms with E-state index < -0.39 is 76.9 Å². The van der Waals surface area contributed by atoms with Gasteiger partial charge >= 0.3 is 5.97 Å². The highest BCUT2D eigenvalue weighted by molar-refractivity contribution is 5.70. The zero-order valence-corrected chi connectivity index (χ0v) is 36.8. The number of carboxylic acid groups (broad SMARTS) is 1. The van der Waals surface area contributed by atoms with Crippen molar-refractivity contribution in [1.29, 1.82) is 0 Å². The topological polar surface area (TPSA) is 194 Å². The van der Waals surface area contributed by atoms with Crippen LogP contribution in [-0.2, 0) is 33.2 Å². The molecule has 13 nitrogen and oxygen atoms in total. The van der Waals surface area contributed by atoms with Gasteiger partial charge in [-0.2, -0.15) is 0 Å². The minimum Gasteiger partial charge on any atom is -0.481 e. The van der Waals surface area contributed by atoms with E-state index in [9.17, 15) is 35.4 Å². The Labute approximate surface area is 346 Å². The third-order valence-electron chi connectivity index (χ3n) is 16.2. The SMILES string of the molecule is CC[C@@H]1O[C@H]([C@@H]2CC[C@](O)([C@]3(C)CC[C@H]([C@H](C)[C@]4(O)CC[C@H](C)[C@H](C[C@]5(O)O[C@H]([C@H](C)[C@H](O)C[C@@H]6CC[C@H](C)[C@H]([C@H](C)C(=O)O)O6)CC[C@@H]5C)O4)O3)O2)CC[C@@]1(C)O. The maximum atomic E-state index is 12.2. The first-order valence-electron chi connectivity index (χ1n) is 22.9. The largest absolute Gasteiger partial charge is 0.481 e. The molecule has 0 radical (unpaired) electrons. The molecule has 0 aliphatic carbocycles. The summed E-state index contributed by atoms with van der Waals surface area (Å²) < 4.78 is 38.8. The fourth-order valence-electron chi connectivity index (χ4n) is 11.3. The molecule has 6 aliphatic heterocycles. The number of carbonyl (C=O) groups is 1. The van der Waals surface area contributed by atoms with Crippen LogP contribution in [0.25, 0.3) is 0 Å².